The topological polar surface area (TPSA) is 120 Å². The summed E-state index contributed by atoms with van der Waals surface area (Å²) < 4.78 is 7.16. The molecule has 0 saturated carbocycles. The average molecular weight is 474 g/mol. The first-order valence-electron chi connectivity index (χ1n) is 11.8. The number of anilines is 1. The fourth-order valence-electron chi connectivity index (χ4n) is 4.05. The predicted molar refractivity (Wildman–Crippen MR) is 136 cm³/mol. The number of amides is 1. The van der Waals surface area contributed by atoms with E-state index in [-0.39, 0.29) is 0 Å². The van der Waals surface area contributed by atoms with Crippen LogP contribution in [-0.2, 0) is 4.74 Å². The van der Waals surface area contributed by atoms with Gasteiger partial charge in [0.15, 0.2) is 0 Å². The number of carbonyl (C=O) groups is 1. The number of hydrogen-bond donors (Lipinski definition) is 2. The summed E-state index contributed by atoms with van der Waals surface area (Å²) in [6, 6.07) is 13.7. The summed E-state index contributed by atoms with van der Waals surface area (Å²) in [5.74, 6) is 0.564. The maximum Gasteiger partial charge on any atom is 0.405 e. The number of rotatable bonds is 10. The second kappa shape index (κ2) is 10.5. The van der Waals surface area contributed by atoms with Crippen LogP contribution in [0, 0.1) is 6.92 Å². The predicted octanol–water partition coefficient (Wildman–Crippen LogP) is 5.01. The Morgan fingerprint density at radius 1 is 1.03 bits per heavy atom. The Bertz CT molecular complexity index is 1320. The van der Waals surface area contributed by atoms with Crippen molar-refractivity contribution in [3.63, 3.8) is 0 Å². The third-order valence-corrected chi connectivity index (χ3v) is 5.67. The number of carbonyl (C=O) groups excluding carboxylic acids is 1. The van der Waals surface area contributed by atoms with E-state index < -0.39 is 11.7 Å². The lowest BCUT2D eigenvalue weighted by molar-refractivity contribution is 0.0373. The number of aromatic nitrogens is 5. The molecule has 0 aliphatic rings. The Morgan fingerprint density at radius 3 is 2.69 bits per heavy atom. The van der Waals surface area contributed by atoms with E-state index in [0.29, 0.717) is 5.95 Å². The molecule has 0 fully saturated rings. The van der Waals surface area contributed by atoms with Gasteiger partial charge in [0.05, 0.1) is 11.4 Å². The van der Waals surface area contributed by atoms with Gasteiger partial charge >= 0.3 is 6.09 Å². The van der Waals surface area contributed by atoms with Gasteiger partial charge in [-0.05, 0) is 70.4 Å². The number of nitrogens with zero attached hydrogens (tertiary/aromatic N) is 5. The molecule has 1 amide bonds. The number of imidazole rings is 1. The molecule has 182 valence electrons. The number of unbranched alkanes of at least 4 members (excludes halogenated alkanes) is 2. The highest BCUT2D eigenvalue weighted by molar-refractivity contribution is 5.79. The van der Waals surface area contributed by atoms with Crippen LogP contribution in [0.25, 0.3) is 28.4 Å². The van der Waals surface area contributed by atoms with Gasteiger partial charge in [0, 0.05) is 24.6 Å². The summed E-state index contributed by atoms with van der Waals surface area (Å²) in [6.07, 6.45) is 6.60. The van der Waals surface area contributed by atoms with E-state index in [0.717, 1.165) is 66.3 Å². The minimum Gasteiger partial charge on any atom is -0.444 e. The molecule has 9 heteroatoms. The lowest BCUT2D eigenvalue weighted by Gasteiger charge is -2.23. The molecule has 4 aromatic rings. The van der Waals surface area contributed by atoms with Crippen LogP contribution in [0.3, 0.4) is 0 Å². The van der Waals surface area contributed by atoms with Gasteiger partial charge in [0.2, 0.25) is 5.95 Å². The van der Waals surface area contributed by atoms with Crippen LogP contribution in [-0.4, -0.2) is 42.6 Å². The molecule has 3 N–H and O–H groups in total. The van der Waals surface area contributed by atoms with Gasteiger partial charge in [-0.1, -0.05) is 18.6 Å². The highest BCUT2D eigenvalue weighted by atomic mass is 16.6. The number of ether oxygens (including phenoxy) is 1. The number of primary amides is 1. The molecular formula is C26H31N7O2. The molecule has 0 saturated heterocycles. The normalized spacial score (nSPS) is 11.5. The third-order valence-electron chi connectivity index (χ3n) is 5.67. The van der Waals surface area contributed by atoms with Gasteiger partial charge in [-0.25, -0.2) is 19.7 Å². The number of aryl methyl sites for hydroxylation is 1. The molecule has 0 unspecified atom stereocenters. The Morgan fingerprint density at radius 2 is 1.89 bits per heavy atom. The highest BCUT2D eigenvalue weighted by Gasteiger charge is 2.21. The summed E-state index contributed by atoms with van der Waals surface area (Å²) in [6.45, 7) is 6.45. The van der Waals surface area contributed by atoms with Crippen LogP contribution in [0.4, 0.5) is 10.7 Å². The van der Waals surface area contributed by atoms with Gasteiger partial charge in [-0.15, -0.1) is 0 Å². The van der Waals surface area contributed by atoms with Crippen LogP contribution in [0.5, 0.6) is 0 Å². The molecule has 0 aliphatic heterocycles. The summed E-state index contributed by atoms with van der Waals surface area (Å²) >= 11 is 0. The molecule has 4 heterocycles. The Labute approximate surface area is 204 Å². The lowest BCUT2D eigenvalue weighted by atomic mass is 10.0. The van der Waals surface area contributed by atoms with E-state index in [1.54, 1.807) is 6.20 Å². The third kappa shape index (κ3) is 6.11. The zero-order valence-corrected chi connectivity index (χ0v) is 20.4. The molecule has 35 heavy (non-hydrogen) atoms. The Hall–Kier alpha value is -4.01. The molecule has 4 rings (SSSR count). The molecule has 0 radical (unpaired) electrons. The fourth-order valence-corrected chi connectivity index (χ4v) is 4.05. The van der Waals surface area contributed by atoms with E-state index in [2.05, 4.69) is 15.3 Å². The second-order valence-electron chi connectivity index (χ2n) is 9.09. The first-order valence-corrected chi connectivity index (χ1v) is 11.8. The molecule has 0 spiro atoms. The average Bonchev–Trinajstić information content (AvgIpc) is 3.20. The van der Waals surface area contributed by atoms with Gasteiger partial charge in [0.25, 0.3) is 0 Å². The quantitative estimate of drug-likeness (QED) is 0.311. The van der Waals surface area contributed by atoms with Gasteiger partial charge in [-0.3, -0.25) is 9.38 Å². The smallest absolute Gasteiger partial charge is 0.405 e. The Balaban J connectivity index is 1.46. The fraction of sp³-hybridized carbons (Fsp3) is 0.346. The first-order chi connectivity index (χ1) is 16.8. The van der Waals surface area contributed by atoms with Crippen LogP contribution >= 0.6 is 0 Å². The van der Waals surface area contributed by atoms with Crippen LogP contribution in [0.1, 0.15) is 45.2 Å². The monoisotopic (exact) mass is 473 g/mol. The summed E-state index contributed by atoms with van der Waals surface area (Å²) in [5, 5.41) is 3.32. The van der Waals surface area contributed by atoms with Crippen molar-refractivity contribution in [1.82, 2.24) is 24.3 Å². The summed E-state index contributed by atoms with van der Waals surface area (Å²) in [4.78, 5) is 29.7. The molecule has 0 aliphatic carbocycles. The minimum atomic E-state index is -0.735. The van der Waals surface area contributed by atoms with Crippen LogP contribution in [0.2, 0.25) is 0 Å². The molecular weight excluding hydrogens is 442 g/mol. The maximum absolute atomic E-state index is 11.0. The molecule has 0 aromatic carbocycles. The number of nitrogens with two attached hydrogens (primary N) is 1. The SMILES string of the molecule is Cc1cccc(-c2nc3ccccn3c2-c2ccnc(NCCCCCC(C)(C)OC(N)=O)n2)n1. The summed E-state index contributed by atoms with van der Waals surface area (Å²) in [7, 11) is 0. The van der Waals surface area contributed by atoms with Crippen molar-refractivity contribution in [1.29, 1.82) is 0 Å². The molecule has 0 atom stereocenters. The first kappa shape index (κ1) is 24.1. The standard InChI is InChI=1S/C26H31N7O2/c1-18-10-9-11-19(30-18)22-23(33-17-8-5-12-21(33)32-22)20-13-16-29-25(31-20)28-15-7-4-6-14-26(2,3)35-24(27)34/h5,8-13,16-17H,4,6-7,14-15H2,1-3H3,(H2,27,34)(H,28,29,31). The number of pyridine rings is 2. The highest BCUT2D eigenvalue weighted by Crippen LogP contribution is 2.31. The van der Waals surface area contributed by atoms with E-state index >= 15 is 0 Å². The van der Waals surface area contributed by atoms with Gasteiger partial charge in [0.1, 0.15) is 22.6 Å². The Kier molecular flexibility index (Phi) is 7.24. The lowest BCUT2D eigenvalue weighted by Crippen LogP contribution is -2.30. The van der Waals surface area contributed by atoms with Gasteiger partial charge in [-0.2, -0.15) is 0 Å². The number of hydrogen-bond acceptors (Lipinski definition) is 7. The van der Waals surface area contributed by atoms with Crippen molar-refractivity contribution >= 4 is 17.7 Å². The zero-order valence-electron chi connectivity index (χ0n) is 20.4. The van der Waals surface area contributed by atoms with Crippen LogP contribution < -0.4 is 11.1 Å². The largest absolute Gasteiger partial charge is 0.444 e. The van der Waals surface area contributed by atoms with Crippen LogP contribution in [0.15, 0.2) is 54.9 Å². The molecule has 4 aromatic heterocycles. The van der Waals surface area contributed by atoms with E-state index in [4.69, 9.17) is 20.4 Å². The van der Waals surface area contributed by atoms with Gasteiger partial charge < -0.3 is 15.8 Å². The van der Waals surface area contributed by atoms with Crippen molar-refractivity contribution < 1.29 is 9.53 Å². The number of fused-ring (bicyclic) bond motifs is 1. The van der Waals surface area contributed by atoms with Crippen molar-refractivity contribution in [3.8, 4) is 22.8 Å². The van der Waals surface area contributed by atoms with Crippen molar-refractivity contribution in [2.45, 2.75) is 52.1 Å². The summed E-state index contributed by atoms with van der Waals surface area (Å²) in [5.41, 5.74) is 9.57. The number of nitrogens with one attached hydrogen (secondary N) is 1. The zero-order chi connectivity index (χ0) is 24.8. The second-order valence-corrected chi connectivity index (χ2v) is 9.09. The van der Waals surface area contributed by atoms with E-state index in [9.17, 15) is 4.79 Å². The molecule has 9 nitrogen and oxygen atoms in total. The van der Waals surface area contributed by atoms with Crippen molar-refractivity contribution in [3.05, 3.63) is 60.6 Å². The van der Waals surface area contributed by atoms with Crippen molar-refractivity contribution in [2.75, 3.05) is 11.9 Å². The van der Waals surface area contributed by atoms with E-state index in [1.165, 1.54) is 0 Å². The van der Waals surface area contributed by atoms with E-state index in [1.807, 2.05) is 73.8 Å². The minimum absolute atomic E-state index is 0.547. The van der Waals surface area contributed by atoms with Crippen molar-refractivity contribution in [2.24, 2.45) is 5.73 Å². The molecule has 0 bridgehead atoms. The maximum atomic E-state index is 11.0.